The normalized spacial score (nSPS) is 19.2. The van der Waals surface area contributed by atoms with Crippen molar-refractivity contribution in [3.05, 3.63) is 10.6 Å². The Labute approximate surface area is 134 Å². The predicted molar refractivity (Wildman–Crippen MR) is 93.2 cm³/mol. The first-order valence-electron chi connectivity index (χ1n) is 8.48. The first-order chi connectivity index (χ1) is 10.0. The van der Waals surface area contributed by atoms with E-state index >= 15 is 0 Å². The zero-order chi connectivity index (χ0) is 15.4. The first-order valence-corrected chi connectivity index (χ1v) is 9.29. The van der Waals surface area contributed by atoms with Gasteiger partial charge in [0.05, 0.1) is 5.69 Å². The van der Waals surface area contributed by atoms with Crippen LogP contribution in [-0.4, -0.2) is 24.1 Å². The van der Waals surface area contributed by atoms with E-state index in [2.05, 4.69) is 44.8 Å². The molecule has 0 radical (unpaired) electrons. The van der Waals surface area contributed by atoms with Crippen molar-refractivity contribution in [3.63, 3.8) is 0 Å². The zero-order valence-corrected chi connectivity index (χ0v) is 15.1. The second-order valence-electron chi connectivity index (χ2n) is 6.89. The van der Waals surface area contributed by atoms with Crippen molar-refractivity contribution >= 4 is 16.5 Å². The number of aryl methyl sites for hydroxylation is 1. The van der Waals surface area contributed by atoms with Gasteiger partial charge < -0.3 is 10.2 Å². The number of aromatic nitrogens is 1. The average Bonchev–Trinajstić information content (AvgIpc) is 3.03. The van der Waals surface area contributed by atoms with Crippen molar-refractivity contribution in [1.82, 2.24) is 10.3 Å². The molecule has 2 rings (SSSR count). The van der Waals surface area contributed by atoms with Gasteiger partial charge in [0.15, 0.2) is 5.13 Å². The minimum Gasteiger partial charge on any atom is -0.348 e. The Hall–Kier alpha value is -0.610. The Morgan fingerprint density at radius 1 is 1.33 bits per heavy atom. The van der Waals surface area contributed by atoms with E-state index < -0.39 is 0 Å². The van der Waals surface area contributed by atoms with Crippen molar-refractivity contribution in [2.75, 3.05) is 18.0 Å². The molecule has 0 bridgehead atoms. The predicted octanol–water partition coefficient (Wildman–Crippen LogP) is 4.08. The summed E-state index contributed by atoms with van der Waals surface area (Å²) in [6.07, 6.45) is 3.60. The average molecular weight is 310 g/mol. The molecule has 1 N–H and O–H groups in total. The number of nitrogens with zero attached hydrogens (tertiary/aromatic N) is 2. The standard InChI is InChI=1S/C17H31N3S/c1-6-7-15-16(10-18-13(4)5)21-17(19-15)20-9-8-14(11-20)12(2)3/h12-14,18H,6-11H2,1-5H3. The van der Waals surface area contributed by atoms with E-state index in [0.29, 0.717) is 6.04 Å². The van der Waals surface area contributed by atoms with Crippen molar-refractivity contribution < 1.29 is 0 Å². The topological polar surface area (TPSA) is 28.2 Å². The molecule has 0 saturated carbocycles. The number of nitrogens with one attached hydrogen (secondary N) is 1. The summed E-state index contributed by atoms with van der Waals surface area (Å²) in [5, 5.41) is 4.80. The van der Waals surface area contributed by atoms with E-state index in [1.54, 1.807) is 0 Å². The molecular weight excluding hydrogens is 278 g/mol. The Kier molecular flexibility index (Phi) is 6.06. The lowest BCUT2D eigenvalue weighted by Gasteiger charge is -2.16. The minimum absolute atomic E-state index is 0.530. The van der Waals surface area contributed by atoms with E-state index in [-0.39, 0.29) is 0 Å². The number of anilines is 1. The summed E-state index contributed by atoms with van der Waals surface area (Å²) in [6, 6.07) is 0.530. The van der Waals surface area contributed by atoms with Crippen LogP contribution >= 0.6 is 11.3 Å². The van der Waals surface area contributed by atoms with E-state index in [1.807, 2.05) is 11.3 Å². The molecule has 3 nitrogen and oxygen atoms in total. The zero-order valence-electron chi connectivity index (χ0n) is 14.3. The third-order valence-electron chi connectivity index (χ3n) is 4.36. The molecular formula is C17H31N3S. The summed E-state index contributed by atoms with van der Waals surface area (Å²) < 4.78 is 0. The molecule has 1 aromatic rings. The fourth-order valence-electron chi connectivity index (χ4n) is 2.88. The Morgan fingerprint density at radius 3 is 2.67 bits per heavy atom. The van der Waals surface area contributed by atoms with Gasteiger partial charge in [0.1, 0.15) is 0 Å². The van der Waals surface area contributed by atoms with Gasteiger partial charge in [-0.2, -0.15) is 0 Å². The van der Waals surface area contributed by atoms with Crippen molar-refractivity contribution in [3.8, 4) is 0 Å². The van der Waals surface area contributed by atoms with Crippen molar-refractivity contribution in [1.29, 1.82) is 0 Å². The van der Waals surface area contributed by atoms with Gasteiger partial charge in [-0.25, -0.2) is 4.98 Å². The number of hydrogen-bond donors (Lipinski definition) is 1. The molecule has 0 aromatic carbocycles. The monoisotopic (exact) mass is 309 g/mol. The van der Waals surface area contributed by atoms with Gasteiger partial charge in [-0.1, -0.05) is 41.0 Å². The highest BCUT2D eigenvalue weighted by Crippen LogP contribution is 2.33. The van der Waals surface area contributed by atoms with Crippen LogP contribution in [0.5, 0.6) is 0 Å². The van der Waals surface area contributed by atoms with Crippen LogP contribution in [0.15, 0.2) is 0 Å². The van der Waals surface area contributed by atoms with Crippen LogP contribution < -0.4 is 10.2 Å². The fourth-order valence-corrected chi connectivity index (χ4v) is 3.97. The summed E-state index contributed by atoms with van der Waals surface area (Å²) in [5.74, 6) is 1.62. The summed E-state index contributed by atoms with van der Waals surface area (Å²) in [4.78, 5) is 8.90. The molecule has 4 heteroatoms. The lowest BCUT2D eigenvalue weighted by Crippen LogP contribution is -2.21. The maximum absolute atomic E-state index is 4.96. The van der Waals surface area contributed by atoms with Gasteiger partial charge in [0.2, 0.25) is 0 Å². The molecule has 21 heavy (non-hydrogen) atoms. The first kappa shape index (κ1) is 16.8. The van der Waals surface area contributed by atoms with E-state index in [9.17, 15) is 0 Å². The molecule has 0 aliphatic carbocycles. The van der Waals surface area contributed by atoms with Crippen LogP contribution in [0.2, 0.25) is 0 Å². The quantitative estimate of drug-likeness (QED) is 0.822. The number of thiazole rings is 1. The van der Waals surface area contributed by atoms with Crippen LogP contribution in [0, 0.1) is 11.8 Å². The second kappa shape index (κ2) is 7.59. The smallest absolute Gasteiger partial charge is 0.185 e. The Bertz CT molecular complexity index is 439. The molecule has 1 aromatic heterocycles. The second-order valence-corrected chi connectivity index (χ2v) is 7.95. The third kappa shape index (κ3) is 4.43. The molecule has 1 atom stereocenters. The van der Waals surface area contributed by atoms with E-state index in [0.717, 1.165) is 24.8 Å². The van der Waals surface area contributed by atoms with E-state index in [4.69, 9.17) is 4.98 Å². The molecule has 1 fully saturated rings. The van der Waals surface area contributed by atoms with Gasteiger partial charge in [-0.05, 0) is 24.7 Å². The third-order valence-corrected chi connectivity index (χ3v) is 5.52. The number of rotatable bonds is 7. The lowest BCUT2D eigenvalue weighted by molar-refractivity contribution is 0.422. The van der Waals surface area contributed by atoms with Gasteiger partial charge in [-0.3, -0.25) is 0 Å². The molecule has 0 amide bonds. The van der Waals surface area contributed by atoms with Crippen LogP contribution in [0.1, 0.15) is 58.0 Å². The maximum Gasteiger partial charge on any atom is 0.185 e. The summed E-state index contributed by atoms with van der Waals surface area (Å²) in [6.45, 7) is 14.7. The summed E-state index contributed by atoms with van der Waals surface area (Å²) in [5.41, 5.74) is 1.32. The van der Waals surface area contributed by atoms with Gasteiger partial charge >= 0.3 is 0 Å². The molecule has 1 unspecified atom stereocenters. The molecule has 2 heterocycles. The molecule has 1 aliphatic heterocycles. The van der Waals surface area contributed by atoms with Gasteiger partial charge in [0, 0.05) is 30.6 Å². The van der Waals surface area contributed by atoms with Gasteiger partial charge in [-0.15, -0.1) is 11.3 Å². The summed E-state index contributed by atoms with van der Waals surface area (Å²) >= 11 is 1.90. The van der Waals surface area contributed by atoms with Crippen LogP contribution in [0.4, 0.5) is 5.13 Å². The minimum atomic E-state index is 0.530. The van der Waals surface area contributed by atoms with Gasteiger partial charge in [0.25, 0.3) is 0 Å². The summed E-state index contributed by atoms with van der Waals surface area (Å²) in [7, 11) is 0. The highest BCUT2D eigenvalue weighted by Gasteiger charge is 2.27. The molecule has 0 spiro atoms. The van der Waals surface area contributed by atoms with Crippen molar-refractivity contribution in [2.45, 2.75) is 66.5 Å². The Morgan fingerprint density at radius 2 is 2.10 bits per heavy atom. The molecule has 120 valence electrons. The number of hydrogen-bond acceptors (Lipinski definition) is 4. The molecule has 1 aliphatic rings. The van der Waals surface area contributed by atoms with Crippen molar-refractivity contribution in [2.24, 2.45) is 11.8 Å². The van der Waals surface area contributed by atoms with Crippen LogP contribution in [-0.2, 0) is 13.0 Å². The largest absolute Gasteiger partial charge is 0.348 e. The van der Waals surface area contributed by atoms with Crippen LogP contribution in [0.25, 0.3) is 0 Å². The highest BCUT2D eigenvalue weighted by atomic mass is 32.1. The van der Waals surface area contributed by atoms with E-state index in [1.165, 1.54) is 41.6 Å². The fraction of sp³-hybridized carbons (Fsp3) is 0.824. The molecule has 1 saturated heterocycles. The SMILES string of the molecule is CCCc1nc(N2CCC(C(C)C)C2)sc1CNC(C)C. The van der Waals surface area contributed by atoms with Crippen LogP contribution in [0.3, 0.4) is 0 Å². The highest BCUT2D eigenvalue weighted by molar-refractivity contribution is 7.15. The lowest BCUT2D eigenvalue weighted by atomic mass is 9.95. The maximum atomic E-state index is 4.96. The Balaban J connectivity index is 2.08.